The number of benzene rings is 1. The van der Waals surface area contributed by atoms with Crippen LogP contribution in [-0.2, 0) is 17.9 Å². The molecule has 0 heterocycles. The Hall–Kier alpha value is -1.12. The van der Waals surface area contributed by atoms with E-state index in [0.717, 1.165) is 6.54 Å². The molecule has 0 aromatic heterocycles. The normalized spacial score (nSPS) is 10.1. The minimum absolute atomic E-state index is 0.605. The van der Waals surface area contributed by atoms with E-state index in [1.165, 1.54) is 11.1 Å². The molecule has 1 aromatic rings. The van der Waals surface area contributed by atoms with E-state index < -0.39 is 0 Å². The van der Waals surface area contributed by atoms with Gasteiger partial charge in [0.25, 0.3) is 0 Å². The van der Waals surface area contributed by atoms with Crippen LogP contribution in [0, 0.1) is 0 Å². The van der Waals surface area contributed by atoms with Crippen LogP contribution < -0.4 is 5.32 Å². The lowest BCUT2D eigenvalue weighted by atomic mass is 10.1. The highest BCUT2D eigenvalue weighted by atomic mass is 16.5. The molecule has 0 saturated carbocycles. The van der Waals surface area contributed by atoms with Crippen molar-refractivity contribution < 1.29 is 4.74 Å². The van der Waals surface area contributed by atoms with Gasteiger partial charge in [-0.15, -0.1) is 6.58 Å². The van der Waals surface area contributed by atoms with Gasteiger partial charge >= 0.3 is 0 Å². The van der Waals surface area contributed by atoms with Crippen molar-refractivity contribution in [1.29, 1.82) is 0 Å². The van der Waals surface area contributed by atoms with Crippen molar-refractivity contribution in [3.63, 3.8) is 0 Å². The van der Waals surface area contributed by atoms with E-state index in [2.05, 4.69) is 24.0 Å². The summed E-state index contributed by atoms with van der Waals surface area (Å²) in [6.45, 7) is 5.76. The smallest absolute Gasteiger partial charge is 0.0724 e. The summed E-state index contributed by atoms with van der Waals surface area (Å²) in [5.41, 5.74) is 2.53. The van der Waals surface area contributed by atoms with Crippen molar-refractivity contribution in [2.75, 3.05) is 13.7 Å². The van der Waals surface area contributed by atoms with Crippen molar-refractivity contribution in [2.45, 2.75) is 13.2 Å². The molecule has 2 nitrogen and oxygen atoms in total. The second kappa shape index (κ2) is 6.35. The van der Waals surface area contributed by atoms with Crippen LogP contribution in [0.1, 0.15) is 11.1 Å². The molecular formula is C12H17NO. The molecule has 0 fully saturated rings. The minimum atomic E-state index is 0.605. The summed E-state index contributed by atoms with van der Waals surface area (Å²) < 4.78 is 5.41. The van der Waals surface area contributed by atoms with Gasteiger partial charge in [-0.3, -0.25) is 0 Å². The molecule has 1 rings (SSSR count). The second-order valence-electron chi connectivity index (χ2n) is 3.10. The van der Waals surface area contributed by atoms with Crippen LogP contribution >= 0.6 is 0 Å². The van der Waals surface area contributed by atoms with Crippen LogP contribution in [-0.4, -0.2) is 13.7 Å². The molecule has 0 amide bonds. The van der Waals surface area contributed by atoms with Crippen molar-refractivity contribution in [1.82, 2.24) is 5.32 Å². The standard InChI is InChI=1S/C12H17NO/c1-3-8-14-10-12-7-5-4-6-11(12)9-13-2/h3-7,13H,1,8-10H2,2H3. The number of hydrogen-bond donors (Lipinski definition) is 1. The molecule has 0 atom stereocenters. The Labute approximate surface area is 85.6 Å². The summed E-state index contributed by atoms with van der Waals surface area (Å²) in [6.07, 6.45) is 1.76. The highest BCUT2D eigenvalue weighted by Gasteiger charge is 1.99. The molecule has 0 spiro atoms. The van der Waals surface area contributed by atoms with Crippen molar-refractivity contribution in [3.05, 3.63) is 48.0 Å². The summed E-state index contributed by atoms with van der Waals surface area (Å²) >= 11 is 0. The van der Waals surface area contributed by atoms with Crippen molar-refractivity contribution in [2.24, 2.45) is 0 Å². The molecule has 1 aromatic carbocycles. The predicted molar refractivity (Wildman–Crippen MR) is 59.1 cm³/mol. The molecule has 0 aliphatic rings. The Balaban J connectivity index is 2.59. The van der Waals surface area contributed by atoms with E-state index >= 15 is 0 Å². The summed E-state index contributed by atoms with van der Waals surface area (Å²) in [5, 5.41) is 3.14. The van der Waals surface area contributed by atoms with Gasteiger partial charge in [0.15, 0.2) is 0 Å². The zero-order valence-electron chi connectivity index (χ0n) is 8.62. The Morgan fingerprint density at radius 2 is 2.07 bits per heavy atom. The van der Waals surface area contributed by atoms with E-state index in [-0.39, 0.29) is 0 Å². The Kier molecular flexibility index (Phi) is 4.97. The molecule has 0 aliphatic heterocycles. The average Bonchev–Trinajstić information content (AvgIpc) is 2.21. The van der Waals surface area contributed by atoms with Gasteiger partial charge in [-0.25, -0.2) is 0 Å². The fourth-order valence-electron chi connectivity index (χ4n) is 1.31. The summed E-state index contributed by atoms with van der Waals surface area (Å²) in [6, 6.07) is 8.29. The molecule has 0 bridgehead atoms. The highest BCUT2D eigenvalue weighted by molar-refractivity contribution is 5.26. The predicted octanol–water partition coefficient (Wildman–Crippen LogP) is 2.11. The maximum absolute atomic E-state index is 5.41. The van der Waals surface area contributed by atoms with Crippen molar-refractivity contribution >= 4 is 0 Å². The lowest BCUT2D eigenvalue weighted by Crippen LogP contribution is -2.08. The number of ether oxygens (including phenoxy) is 1. The lowest BCUT2D eigenvalue weighted by molar-refractivity contribution is 0.148. The topological polar surface area (TPSA) is 21.3 Å². The largest absolute Gasteiger partial charge is 0.373 e. The maximum atomic E-state index is 5.41. The van der Waals surface area contributed by atoms with Crippen molar-refractivity contribution in [3.8, 4) is 0 Å². The SMILES string of the molecule is C=CCOCc1ccccc1CNC. The van der Waals surface area contributed by atoms with Gasteiger partial charge in [-0.2, -0.15) is 0 Å². The van der Waals surface area contributed by atoms with E-state index in [9.17, 15) is 0 Å². The third-order valence-corrected chi connectivity index (χ3v) is 1.98. The van der Waals surface area contributed by atoms with E-state index in [1.807, 2.05) is 19.2 Å². The van der Waals surface area contributed by atoms with Crippen LogP contribution in [0.2, 0.25) is 0 Å². The first-order chi connectivity index (χ1) is 6.88. The van der Waals surface area contributed by atoms with Crippen LogP contribution in [0.5, 0.6) is 0 Å². The monoisotopic (exact) mass is 191 g/mol. The van der Waals surface area contributed by atoms with Gasteiger partial charge in [0.1, 0.15) is 0 Å². The van der Waals surface area contributed by atoms with Gasteiger partial charge in [0.05, 0.1) is 13.2 Å². The van der Waals surface area contributed by atoms with E-state index in [4.69, 9.17) is 4.74 Å². The van der Waals surface area contributed by atoms with Gasteiger partial charge in [0.2, 0.25) is 0 Å². The first kappa shape index (κ1) is 11.0. The second-order valence-corrected chi connectivity index (χ2v) is 3.10. The van der Waals surface area contributed by atoms with E-state index in [0.29, 0.717) is 13.2 Å². The summed E-state index contributed by atoms with van der Waals surface area (Å²) in [4.78, 5) is 0. The zero-order chi connectivity index (χ0) is 10.2. The Morgan fingerprint density at radius 3 is 2.71 bits per heavy atom. The number of hydrogen-bond acceptors (Lipinski definition) is 2. The average molecular weight is 191 g/mol. The summed E-state index contributed by atoms with van der Waals surface area (Å²) in [5.74, 6) is 0. The van der Waals surface area contributed by atoms with Crippen LogP contribution in [0.25, 0.3) is 0 Å². The fraction of sp³-hybridized carbons (Fsp3) is 0.333. The van der Waals surface area contributed by atoms with E-state index in [1.54, 1.807) is 6.08 Å². The molecule has 2 heteroatoms. The van der Waals surface area contributed by atoms with Crippen LogP contribution in [0.4, 0.5) is 0 Å². The maximum Gasteiger partial charge on any atom is 0.0724 e. The molecular weight excluding hydrogens is 174 g/mol. The van der Waals surface area contributed by atoms with Gasteiger partial charge in [-0.1, -0.05) is 30.3 Å². The zero-order valence-corrected chi connectivity index (χ0v) is 8.62. The molecule has 0 aliphatic carbocycles. The highest BCUT2D eigenvalue weighted by Crippen LogP contribution is 2.09. The molecule has 14 heavy (non-hydrogen) atoms. The first-order valence-electron chi connectivity index (χ1n) is 4.78. The Bertz CT molecular complexity index is 283. The summed E-state index contributed by atoms with van der Waals surface area (Å²) in [7, 11) is 1.95. The third-order valence-electron chi connectivity index (χ3n) is 1.98. The van der Waals surface area contributed by atoms with Crippen LogP contribution in [0.15, 0.2) is 36.9 Å². The molecule has 1 N–H and O–H groups in total. The van der Waals surface area contributed by atoms with Gasteiger partial charge in [-0.05, 0) is 18.2 Å². The Morgan fingerprint density at radius 1 is 1.36 bits per heavy atom. The minimum Gasteiger partial charge on any atom is -0.373 e. The van der Waals surface area contributed by atoms with Gasteiger partial charge in [0, 0.05) is 6.54 Å². The third kappa shape index (κ3) is 3.32. The first-order valence-corrected chi connectivity index (χ1v) is 4.78. The van der Waals surface area contributed by atoms with Gasteiger partial charge < -0.3 is 10.1 Å². The molecule has 0 unspecified atom stereocenters. The molecule has 76 valence electrons. The van der Waals surface area contributed by atoms with Crippen LogP contribution in [0.3, 0.4) is 0 Å². The number of nitrogens with one attached hydrogen (secondary N) is 1. The molecule has 0 saturated heterocycles. The fourth-order valence-corrected chi connectivity index (χ4v) is 1.31. The number of rotatable bonds is 6. The quantitative estimate of drug-likeness (QED) is 0.549. The molecule has 0 radical (unpaired) electrons. The lowest BCUT2D eigenvalue weighted by Gasteiger charge is -2.08.